The number of carbonyl (C=O) groups is 2. The number of piperidine rings is 1. The van der Waals surface area contributed by atoms with Gasteiger partial charge in [-0.15, -0.1) is 0 Å². The van der Waals surface area contributed by atoms with E-state index in [1.807, 2.05) is 29.2 Å². The van der Waals surface area contributed by atoms with Crippen LogP contribution in [0.3, 0.4) is 0 Å². The average molecular weight is 287 g/mol. The molecule has 2 fully saturated rings. The molecule has 2 saturated heterocycles. The molecule has 112 valence electrons. The van der Waals surface area contributed by atoms with Gasteiger partial charge in [0.25, 0.3) is 5.91 Å². The van der Waals surface area contributed by atoms with Crippen LogP contribution in [-0.4, -0.2) is 42.4 Å². The highest BCUT2D eigenvalue weighted by molar-refractivity contribution is 5.97. The number of rotatable bonds is 2. The van der Waals surface area contributed by atoms with Crippen LogP contribution in [0.25, 0.3) is 0 Å². The Hall–Kier alpha value is -1.88. The number of anilines is 1. The Kier molecular flexibility index (Phi) is 3.92. The number of nitrogens with zero attached hydrogens (tertiary/aromatic N) is 2. The monoisotopic (exact) mass is 287 g/mol. The van der Waals surface area contributed by atoms with Crippen molar-refractivity contribution in [2.24, 2.45) is 5.73 Å². The van der Waals surface area contributed by atoms with Crippen molar-refractivity contribution >= 4 is 17.5 Å². The quantitative estimate of drug-likeness (QED) is 0.893. The van der Waals surface area contributed by atoms with Gasteiger partial charge >= 0.3 is 0 Å². The van der Waals surface area contributed by atoms with E-state index in [2.05, 4.69) is 0 Å². The first-order valence-corrected chi connectivity index (χ1v) is 7.60. The maximum absolute atomic E-state index is 12.4. The van der Waals surface area contributed by atoms with E-state index in [0.717, 1.165) is 44.6 Å². The molecule has 1 aromatic rings. The molecule has 0 radical (unpaired) electrons. The van der Waals surface area contributed by atoms with Crippen LogP contribution >= 0.6 is 0 Å². The van der Waals surface area contributed by atoms with Crippen molar-refractivity contribution in [3.8, 4) is 0 Å². The van der Waals surface area contributed by atoms with Gasteiger partial charge in [-0.05, 0) is 43.5 Å². The molecule has 0 atom stereocenters. The summed E-state index contributed by atoms with van der Waals surface area (Å²) in [4.78, 5) is 27.8. The van der Waals surface area contributed by atoms with E-state index in [9.17, 15) is 9.59 Å². The molecule has 5 heteroatoms. The minimum Gasteiger partial charge on any atom is -0.339 e. The van der Waals surface area contributed by atoms with Crippen molar-refractivity contribution in [2.45, 2.75) is 31.7 Å². The summed E-state index contributed by atoms with van der Waals surface area (Å²) in [7, 11) is 0. The van der Waals surface area contributed by atoms with Crippen LogP contribution in [0.2, 0.25) is 0 Å². The van der Waals surface area contributed by atoms with Crippen LogP contribution < -0.4 is 10.6 Å². The SMILES string of the molecule is NC1CCN(C(=O)c2ccc(N3CCCC3=O)cc2)CC1. The summed E-state index contributed by atoms with van der Waals surface area (Å²) in [5, 5.41) is 0. The Morgan fingerprint density at radius 3 is 2.33 bits per heavy atom. The highest BCUT2D eigenvalue weighted by Crippen LogP contribution is 2.22. The number of nitrogens with two attached hydrogens (primary N) is 1. The number of hydrogen-bond acceptors (Lipinski definition) is 3. The lowest BCUT2D eigenvalue weighted by molar-refractivity contribution is -0.117. The first-order chi connectivity index (χ1) is 10.1. The number of likely N-dealkylation sites (tertiary alicyclic amines) is 1. The molecule has 2 aliphatic rings. The molecule has 3 rings (SSSR count). The molecule has 2 heterocycles. The molecule has 0 unspecified atom stereocenters. The molecule has 5 nitrogen and oxygen atoms in total. The summed E-state index contributed by atoms with van der Waals surface area (Å²) < 4.78 is 0. The van der Waals surface area contributed by atoms with E-state index in [1.165, 1.54) is 0 Å². The number of benzene rings is 1. The van der Waals surface area contributed by atoms with E-state index < -0.39 is 0 Å². The largest absolute Gasteiger partial charge is 0.339 e. The van der Waals surface area contributed by atoms with Crippen LogP contribution in [0.1, 0.15) is 36.0 Å². The summed E-state index contributed by atoms with van der Waals surface area (Å²) in [6, 6.07) is 7.59. The Morgan fingerprint density at radius 1 is 1.10 bits per heavy atom. The normalized spacial score (nSPS) is 20.1. The van der Waals surface area contributed by atoms with Gasteiger partial charge in [-0.2, -0.15) is 0 Å². The van der Waals surface area contributed by atoms with Gasteiger partial charge in [0.15, 0.2) is 0 Å². The van der Waals surface area contributed by atoms with Crippen LogP contribution in [0.15, 0.2) is 24.3 Å². The molecular weight excluding hydrogens is 266 g/mol. The second kappa shape index (κ2) is 5.85. The van der Waals surface area contributed by atoms with Crippen molar-refractivity contribution < 1.29 is 9.59 Å². The van der Waals surface area contributed by atoms with Crippen molar-refractivity contribution in [1.82, 2.24) is 4.90 Å². The summed E-state index contributed by atoms with van der Waals surface area (Å²) in [5.74, 6) is 0.222. The first-order valence-electron chi connectivity index (χ1n) is 7.60. The third-order valence-electron chi connectivity index (χ3n) is 4.33. The van der Waals surface area contributed by atoms with E-state index >= 15 is 0 Å². The molecule has 0 aliphatic carbocycles. The minimum atomic E-state index is 0.0567. The fourth-order valence-corrected chi connectivity index (χ4v) is 2.99. The van der Waals surface area contributed by atoms with Gasteiger partial charge in [-0.25, -0.2) is 0 Å². The summed E-state index contributed by atoms with van der Waals surface area (Å²) in [6.07, 6.45) is 3.26. The zero-order valence-electron chi connectivity index (χ0n) is 12.1. The van der Waals surface area contributed by atoms with Crippen LogP contribution in [-0.2, 0) is 4.79 Å². The molecule has 0 aromatic heterocycles. The van der Waals surface area contributed by atoms with Gasteiger partial charge < -0.3 is 15.5 Å². The first kappa shape index (κ1) is 14.1. The maximum Gasteiger partial charge on any atom is 0.253 e. The highest BCUT2D eigenvalue weighted by atomic mass is 16.2. The smallest absolute Gasteiger partial charge is 0.253 e. The van der Waals surface area contributed by atoms with Crippen molar-refractivity contribution in [1.29, 1.82) is 0 Å². The highest BCUT2D eigenvalue weighted by Gasteiger charge is 2.23. The summed E-state index contributed by atoms with van der Waals surface area (Å²) in [5.41, 5.74) is 7.43. The number of amides is 2. The molecule has 2 amide bonds. The van der Waals surface area contributed by atoms with Gasteiger partial charge in [0.2, 0.25) is 5.91 Å². The predicted octanol–water partition coefficient (Wildman–Crippen LogP) is 1.38. The summed E-state index contributed by atoms with van der Waals surface area (Å²) >= 11 is 0. The van der Waals surface area contributed by atoms with E-state index in [-0.39, 0.29) is 17.9 Å². The van der Waals surface area contributed by atoms with Gasteiger partial charge in [0, 0.05) is 43.3 Å². The van der Waals surface area contributed by atoms with E-state index in [1.54, 1.807) is 4.90 Å². The molecule has 0 saturated carbocycles. The lowest BCUT2D eigenvalue weighted by Gasteiger charge is -2.30. The third-order valence-corrected chi connectivity index (χ3v) is 4.33. The third kappa shape index (κ3) is 2.93. The van der Waals surface area contributed by atoms with Crippen molar-refractivity contribution in [3.63, 3.8) is 0 Å². The Labute approximate surface area is 124 Å². The second-order valence-electron chi connectivity index (χ2n) is 5.83. The molecule has 0 spiro atoms. The van der Waals surface area contributed by atoms with Gasteiger partial charge in [0.1, 0.15) is 0 Å². The fourth-order valence-electron chi connectivity index (χ4n) is 2.99. The molecule has 2 aliphatic heterocycles. The Balaban J connectivity index is 1.69. The standard InChI is InChI=1S/C16H21N3O2/c17-13-7-10-18(11-8-13)16(21)12-3-5-14(6-4-12)19-9-1-2-15(19)20/h3-6,13H,1-2,7-11,17H2. The fraction of sp³-hybridized carbons (Fsp3) is 0.500. The molecule has 1 aromatic carbocycles. The second-order valence-corrected chi connectivity index (χ2v) is 5.83. The lowest BCUT2D eigenvalue weighted by atomic mass is 10.0. The van der Waals surface area contributed by atoms with Gasteiger partial charge in [-0.3, -0.25) is 9.59 Å². The minimum absolute atomic E-state index is 0.0567. The van der Waals surface area contributed by atoms with Crippen LogP contribution in [0, 0.1) is 0 Å². The lowest BCUT2D eigenvalue weighted by Crippen LogP contribution is -2.42. The predicted molar refractivity (Wildman–Crippen MR) is 81.1 cm³/mol. The van der Waals surface area contributed by atoms with Gasteiger partial charge in [-0.1, -0.05) is 0 Å². The Morgan fingerprint density at radius 2 is 1.76 bits per heavy atom. The van der Waals surface area contributed by atoms with Crippen molar-refractivity contribution in [3.05, 3.63) is 29.8 Å². The number of carbonyl (C=O) groups excluding carboxylic acids is 2. The molecule has 21 heavy (non-hydrogen) atoms. The van der Waals surface area contributed by atoms with E-state index in [4.69, 9.17) is 5.73 Å². The summed E-state index contributed by atoms with van der Waals surface area (Å²) in [6.45, 7) is 2.23. The number of hydrogen-bond donors (Lipinski definition) is 1. The molecule has 0 bridgehead atoms. The topological polar surface area (TPSA) is 66.6 Å². The molecule has 2 N–H and O–H groups in total. The molecular formula is C16H21N3O2. The average Bonchev–Trinajstić information content (AvgIpc) is 2.94. The zero-order valence-corrected chi connectivity index (χ0v) is 12.1. The zero-order chi connectivity index (χ0) is 14.8. The van der Waals surface area contributed by atoms with E-state index in [0.29, 0.717) is 12.0 Å². The van der Waals surface area contributed by atoms with Crippen molar-refractivity contribution in [2.75, 3.05) is 24.5 Å². The van der Waals surface area contributed by atoms with Gasteiger partial charge in [0.05, 0.1) is 0 Å². The maximum atomic E-state index is 12.4. The van der Waals surface area contributed by atoms with Crippen LogP contribution in [0.5, 0.6) is 0 Å². The Bertz CT molecular complexity index is 533. The van der Waals surface area contributed by atoms with Crippen LogP contribution in [0.4, 0.5) is 5.69 Å².